The predicted molar refractivity (Wildman–Crippen MR) is 141 cm³/mol. The number of nitrogens with one attached hydrogen (secondary N) is 1. The Morgan fingerprint density at radius 1 is 1.17 bits per heavy atom. The Kier molecular flexibility index (Phi) is 7.21. The number of hydrogen-bond acceptors (Lipinski definition) is 6. The molecule has 0 saturated heterocycles. The molecule has 2 heterocycles. The zero-order chi connectivity index (χ0) is 25.1. The summed E-state index contributed by atoms with van der Waals surface area (Å²) in [5.41, 5.74) is 14.1. The Labute approximate surface area is 207 Å². The number of rotatable bonds is 9. The third-order valence-corrected chi connectivity index (χ3v) is 6.99. The zero-order valence-electron chi connectivity index (χ0n) is 20.7. The van der Waals surface area contributed by atoms with Crippen LogP contribution in [0.25, 0.3) is 6.08 Å². The molecule has 0 aromatic heterocycles. The van der Waals surface area contributed by atoms with Gasteiger partial charge in [-0.3, -0.25) is 14.6 Å². The van der Waals surface area contributed by atoms with Gasteiger partial charge in [0, 0.05) is 43.4 Å². The topological polar surface area (TPSA) is 126 Å². The number of allylic oxidation sites excluding steroid dienone is 1. The minimum absolute atomic E-state index is 0.0112. The van der Waals surface area contributed by atoms with Crippen LogP contribution in [0.3, 0.4) is 0 Å². The van der Waals surface area contributed by atoms with Gasteiger partial charge in [0.2, 0.25) is 11.8 Å². The number of amides is 2. The molecule has 1 atom stereocenters. The molecule has 1 aliphatic carbocycles. The van der Waals surface area contributed by atoms with Gasteiger partial charge in [-0.2, -0.15) is 0 Å². The van der Waals surface area contributed by atoms with Crippen molar-refractivity contribution in [3.8, 4) is 0 Å². The maximum Gasteiger partial charge on any atom is 0.250 e. The highest BCUT2D eigenvalue weighted by atomic mass is 16.2. The standard InChI is InChI=1S/C27H36N6O2/c1-3-12-33(13-4-2)24(34)20-14-19-6-7-21(16-22(19)31-23(29)15-20)27(9-10-27)25(35)32-26(17-28)8-5-11-30-18-26/h5-8,11,14,16H,3-4,9-10,12-13,15,17-18,28H2,1-2H3,(H2,29,31)(H,32,35). The van der Waals surface area contributed by atoms with Gasteiger partial charge in [-0.15, -0.1) is 0 Å². The summed E-state index contributed by atoms with van der Waals surface area (Å²) >= 11 is 0. The Morgan fingerprint density at radius 3 is 2.51 bits per heavy atom. The van der Waals surface area contributed by atoms with Gasteiger partial charge in [0.15, 0.2) is 0 Å². The first-order valence-electron chi connectivity index (χ1n) is 12.5. The molecule has 2 amide bonds. The molecule has 1 aromatic rings. The third-order valence-electron chi connectivity index (χ3n) is 6.99. The van der Waals surface area contributed by atoms with Crippen LogP contribution in [0.4, 0.5) is 5.69 Å². The fraction of sp³-hybridized carbons (Fsp3) is 0.481. The summed E-state index contributed by atoms with van der Waals surface area (Å²) in [4.78, 5) is 37.4. The van der Waals surface area contributed by atoms with Gasteiger partial charge in [0.25, 0.3) is 0 Å². The van der Waals surface area contributed by atoms with Crippen molar-refractivity contribution in [2.45, 2.75) is 56.9 Å². The SMILES string of the molecule is CCCN(CCC)C(=O)C1=Cc2ccc(C3(C(=O)NC4(CN)C=CC=NC4)CC3)cc2N=C(N)C1. The predicted octanol–water partition coefficient (Wildman–Crippen LogP) is 2.60. The molecule has 0 bridgehead atoms. The van der Waals surface area contributed by atoms with E-state index in [1.807, 2.05) is 41.3 Å². The van der Waals surface area contributed by atoms with Crippen molar-refractivity contribution in [1.29, 1.82) is 0 Å². The molecule has 186 valence electrons. The summed E-state index contributed by atoms with van der Waals surface area (Å²) in [5, 5.41) is 3.16. The van der Waals surface area contributed by atoms with Crippen molar-refractivity contribution in [3.63, 3.8) is 0 Å². The molecule has 1 unspecified atom stereocenters. The van der Waals surface area contributed by atoms with E-state index < -0.39 is 11.0 Å². The van der Waals surface area contributed by atoms with Gasteiger partial charge in [-0.25, -0.2) is 4.99 Å². The summed E-state index contributed by atoms with van der Waals surface area (Å²) in [6.45, 7) is 6.29. The van der Waals surface area contributed by atoms with E-state index in [9.17, 15) is 9.59 Å². The third kappa shape index (κ3) is 5.07. The second-order valence-electron chi connectivity index (χ2n) is 9.76. The molecule has 1 fully saturated rings. The molecule has 5 N–H and O–H groups in total. The molecule has 4 rings (SSSR count). The Bertz CT molecular complexity index is 1110. The first-order chi connectivity index (χ1) is 16.9. The van der Waals surface area contributed by atoms with E-state index in [2.05, 4.69) is 29.1 Å². The van der Waals surface area contributed by atoms with Crippen LogP contribution in [0.1, 0.15) is 57.1 Å². The van der Waals surface area contributed by atoms with Crippen LogP contribution in [0.15, 0.2) is 45.9 Å². The van der Waals surface area contributed by atoms with Crippen LogP contribution < -0.4 is 16.8 Å². The minimum atomic E-state index is -0.656. The molecule has 2 aliphatic heterocycles. The molecule has 0 spiro atoms. The van der Waals surface area contributed by atoms with Crippen molar-refractivity contribution in [1.82, 2.24) is 10.2 Å². The Balaban J connectivity index is 1.60. The van der Waals surface area contributed by atoms with Crippen molar-refractivity contribution in [2.75, 3.05) is 26.2 Å². The van der Waals surface area contributed by atoms with E-state index in [4.69, 9.17) is 11.5 Å². The fourth-order valence-corrected chi connectivity index (χ4v) is 4.82. The Hall–Kier alpha value is -3.26. The number of benzene rings is 1. The average Bonchev–Trinajstić information content (AvgIpc) is 3.68. The van der Waals surface area contributed by atoms with Crippen LogP contribution in [0, 0.1) is 0 Å². The summed E-state index contributed by atoms with van der Waals surface area (Å²) < 4.78 is 0. The zero-order valence-corrected chi connectivity index (χ0v) is 20.7. The number of hydrogen-bond donors (Lipinski definition) is 3. The number of fused-ring (bicyclic) bond motifs is 1. The van der Waals surface area contributed by atoms with Gasteiger partial charge in [-0.05, 0) is 49.5 Å². The molecule has 1 saturated carbocycles. The van der Waals surface area contributed by atoms with Crippen LogP contribution >= 0.6 is 0 Å². The van der Waals surface area contributed by atoms with Gasteiger partial charge < -0.3 is 21.7 Å². The lowest BCUT2D eigenvalue weighted by molar-refractivity contribution is -0.127. The molecule has 8 nitrogen and oxygen atoms in total. The molecule has 0 radical (unpaired) electrons. The maximum atomic E-state index is 13.4. The van der Waals surface area contributed by atoms with E-state index in [1.54, 1.807) is 6.21 Å². The monoisotopic (exact) mass is 476 g/mol. The van der Waals surface area contributed by atoms with E-state index >= 15 is 0 Å². The van der Waals surface area contributed by atoms with Crippen molar-refractivity contribution in [2.24, 2.45) is 21.5 Å². The molecular weight excluding hydrogens is 440 g/mol. The first-order valence-corrected chi connectivity index (χ1v) is 12.5. The van der Waals surface area contributed by atoms with E-state index in [0.29, 0.717) is 30.1 Å². The molecule has 8 heteroatoms. The lowest BCUT2D eigenvalue weighted by Crippen LogP contribution is -2.57. The second kappa shape index (κ2) is 10.2. The fourth-order valence-electron chi connectivity index (χ4n) is 4.82. The average molecular weight is 477 g/mol. The smallest absolute Gasteiger partial charge is 0.250 e. The van der Waals surface area contributed by atoms with E-state index in [-0.39, 0.29) is 18.4 Å². The number of amidine groups is 1. The van der Waals surface area contributed by atoms with Crippen LogP contribution in [-0.2, 0) is 15.0 Å². The second-order valence-corrected chi connectivity index (χ2v) is 9.76. The maximum absolute atomic E-state index is 13.4. The number of carbonyl (C=O) groups excluding carboxylic acids is 2. The van der Waals surface area contributed by atoms with Crippen LogP contribution in [-0.4, -0.2) is 60.5 Å². The van der Waals surface area contributed by atoms with Gasteiger partial charge in [0.1, 0.15) is 5.84 Å². The number of dihydropyridines is 1. The number of nitrogens with zero attached hydrogens (tertiary/aromatic N) is 3. The number of nitrogens with two attached hydrogens (primary N) is 2. The quantitative estimate of drug-likeness (QED) is 0.506. The summed E-state index contributed by atoms with van der Waals surface area (Å²) in [6, 6.07) is 5.86. The highest BCUT2D eigenvalue weighted by molar-refractivity contribution is 6.05. The van der Waals surface area contributed by atoms with Crippen molar-refractivity contribution < 1.29 is 9.59 Å². The van der Waals surface area contributed by atoms with Crippen molar-refractivity contribution in [3.05, 3.63) is 47.1 Å². The summed E-state index contributed by atoms with van der Waals surface area (Å²) in [5.74, 6) is 0.364. The normalized spacial score (nSPS) is 21.9. The summed E-state index contributed by atoms with van der Waals surface area (Å²) in [6.07, 6.45) is 11.0. The minimum Gasteiger partial charge on any atom is -0.387 e. The van der Waals surface area contributed by atoms with Gasteiger partial charge in [-0.1, -0.05) is 32.1 Å². The highest BCUT2D eigenvalue weighted by Crippen LogP contribution is 2.50. The largest absolute Gasteiger partial charge is 0.387 e. The molecule has 1 aromatic carbocycles. The lowest BCUT2D eigenvalue weighted by Gasteiger charge is -2.32. The Morgan fingerprint density at radius 2 is 1.91 bits per heavy atom. The summed E-state index contributed by atoms with van der Waals surface area (Å²) in [7, 11) is 0. The van der Waals surface area contributed by atoms with E-state index in [0.717, 1.165) is 49.9 Å². The number of aliphatic imine (C=N–C) groups is 2. The first kappa shape index (κ1) is 24.9. The van der Waals surface area contributed by atoms with E-state index in [1.165, 1.54) is 0 Å². The molecule has 3 aliphatic rings. The number of carbonyl (C=O) groups is 2. The molecule has 35 heavy (non-hydrogen) atoms. The van der Waals surface area contributed by atoms with Crippen LogP contribution in [0.2, 0.25) is 0 Å². The molecular formula is C27H36N6O2. The highest BCUT2D eigenvalue weighted by Gasteiger charge is 2.53. The van der Waals surface area contributed by atoms with Gasteiger partial charge >= 0.3 is 0 Å². The van der Waals surface area contributed by atoms with Crippen LogP contribution in [0.5, 0.6) is 0 Å². The van der Waals surface area contributed by atoms with Gasteiger partial charge in [0.05, 0.1) is 23.2 Å². The van der Waals surface area contributed by atoms with Crippen molar-refractivity contribution >= 4 is 35.6 Å². The lowest BCUT2D eigenvalue weighted by atomic mass is 9.90.